The number of hydrogen-bond acceptors (Lipinski definition) is 17. The van der Waals surface area contributed by atoms with Crippen LogP contribution in [0.15, 0.2) is 0 Å². The number of unbranched alkanes of at least 4 members (excludes halogenated alkanes) is 49. The minimum absolute atomic E-state index is 0.148. The first kappa shape index (κ1) is 102. The molecule has 22 heteroatoms. The molecule has 2 saturated heterocycles. The van der Waals surface area contributed by atoms with Gasteiger partial charge in [-0.3, -0.25) is 28.5 Å². The maximum absolute atomic E-state index is 14.9. The van der Waals surface area contributed by atoms with Crippen molar-refractivity contribution in [2.24, 2.45) is 0 Å². The van der Waals surface area contributed by atoms with Crippen LogP contribution in [0.4, 0.5) is 0 Å². The third-order valence-electron chi connectivity index (χ3n) is 22.0. The first-order valence-corrected chi connectivity index (χ1v) is 46.9. The van der Waals surface area contributed by atoms with Crippen LogP contribution in [0.3, 0.4) is 0 Å². The summed E-state index contributed by atoms with van der Waals surface area (Å²) in [6.07, 6.45) is 45.2. The highest BCUT2D eigenvalue weighted by atomic mass is 31.2. The molecule has 2 aliphatic heterocycles. The standard InChI is InChI=1S/C87H165N2O19P/c1-6-11-16-21-26-31-36-38-43-48-53-58-63-79(94)104-72(61-56-51-46-41-34-29-24-19-14-9-4)66-78(93)89-82-86(107-81(96)67-73(62-57-52-47-42-35-30-25-20-15-10-5)105-80(95)64-59-54-49-44-39-37-32-27-22-17-12-7-2)85(108-109(99,100)101)75(68-90)106-87(82)103-70-76-84(98)83(97)74(69-102-76)88-77(92)65-71(91)60-55-50-45-40-33-28-23-18-13-8-3/h71-76,82-87,90-91,97-98H,6-70H2,1-5H3,(H,88,92)(H,89,93)(H2,99,100,101)/t71-,72-,73-,74?,75?,76?,82?,83?,84-,85-,86?,87-/m1/s1. The Balaban J connectivity index is 2.49. The lowest BCUT2D eigenvalue weighted by atomic mass is 9.95. The van der Waals surface area contributed by atoms with E-state index < -0.39 is 130 Å². The summed E-state index contributed by atoms with van der Waals surface area (Å²) in [5.41, 5.74) is 0. The van der Waals surface area contributed by atoms with E-state index in [2.05, 4.69) is 45.3 Å². The maximum Gasteiger partial charge on any atom is 0.470 e. The number of esters is 3. The SMILES string of the molecule is CCCCCCCCCCCCCCC(=O)O[C@H](CCCCCCCCCCCC)CC(=O)NC1C(OC(=O)C[C@@H](CCCCCCCCCCCC)OC(=O)CCCCCCCCCCCCCC)[C@H](OP(=O)(O)O)C(CO)O[C@H]1OCC1OCC(NC(=O)C[C@H](O)CCCCCCCCCCCC)C(O)[C@@H]1O. The number of amides is 2. The maximum atomic E-state index is 14.9. The zero-order valence-electron chi connectivity index (χ0n) is 69.8. The Kier molecular flexibility index (Phi) is 65.2. The molecule has 2 amide bonds. The van der Waals surface area contributed by atoms with Crippen molar-refractivity contribution in [3.8, 4) is 0 Å². The fourth-order valence-electron chi connectivity index (χ4n) is 15.2. The minimum atomic E-state index is -5.53. The number of nitrogens with one attached hydrogen (secondary N) is 2. The van der Waals surface area contributed by atoms with Gasteiger partial charge >= 0.3 is 25.7 Å². The number of phosphoric ester groups is 1. The largest absolute Gasteiger partial charge is 0.470 e. The molecule has 0 aromatic heterocycles. The van der Waals surface area contributed by atoms with Crippen molar-refractivity contribution in [3.63, 3.8) is 0 Å². The molecule has 0 saturated carbocycles. The van der Waals surface area contributed by atoms with E-state index in [1.165, 1.54) is 186 Å². The molecular weight excluding hydrogens is 1410 g/mol. The molecule has 0 radical (unpaired) electrons. The van der Waals surface area contributed by atoms with E-state index in [-0.39, 0.29) is 32.3 Å². The topological polar surface area (TPSA) is 312 Å². The number of ether oxygens (including phenoxy) is 6. The smallest absolute Gasteiger partial charge is 0.462 e. The Labute approximate surface area is 662 Å². The van der Waals surface area contributed by atoms with Crippen molar-refractivity contribution in [3.05, 3.63) is 0 Å². The molecule has 642 valence electrons. The number of carbonyl (C=O) groups is 5. The predicted octanol–water partition coefficient (Wildman–Crippen LogP) is 19.7. The van der Waals surface area contributed by atoms with E-state index in [0.29, 0.717) is 44.9 Å². The van der Waals surface area contributed by atoms with Crippen LogP contribution in [0.25, 0.3) is 0 Å². The summed E-state index contributed by atoms with van der Waals surface area (Å²) in [5.74, 6) is -3.16. The zero-order valence-corrected chi connectivity index (χ0v) is 70.7. The van der Waals surface area contributed by atoms with Gasteiger partial charge in [-0.05, 0) is 44.9 Å². The van der Waals surface area contributed by atoms with Gasteiger partial charge in [0.05, 0.1) is 51.2 Å². The predicted molar refractivity (Wildman–Crippen MR) is 435 cm³/mol. The van der Waals surface area contributed by atoms with Crippen LogP contribution in [0.5, 0.6) is 0 Å². The van der Waals surface area contributed by atoms with E-state index >= 15 is 0 Å². The minimum Gasteiger partial charge on any atom is -0.462 e. The Morgan fingerprint density at radius 1 is 0.413 bits per heavy atom. The number of hydrogen-bond donors (Lipinski definition) is 8. The second-order valence-corrected chi connectivity index (χ2v) is 33.6. The van der Waals surface area contributed by atoms with Crippen LogP contribution < -0.4 is 10.6 Å². The highest BCUT2D eigenvalue weighted by Gasteiger charge is 2.53. The van der Waals surface area contributed by atoms with Crippen LogP contribution in [0, 0.1) is 0 Å². The molecule has 0 aromatic rings. The lowest BCUT2D eigenvalue weighted by Crippen LogP contribution is -2.67. The average Bonchev–Trinajstić information content (AvgIpc) is 0.779. The number of phosphoric acid groups is 1. The van der Waals surface area contributed by atoms with E-state index in [4.69, 9.17) is 32.9 Å². The summed E-state index contributed by atoms with van der Waals surface area (Å²) in [4.78, 5) is 91.4. The third-order valence-corrected chi connectivity index (χ3v) is 22.5. The van der Waals surface area contributed by atoms with Gasteiger partial charge in [0.15, 0.2) is 12.4 Å². The first-order valence-electron chi connectivity index (χ1n) is 45.3. The van der Waals surface area contributed by atoms with Gasteiger partial charge in [0, 0.05) is 12.8 Å². The Bertz CT molecular complexity index is 2230. The van der Waals surface area contributed by atoms with Crippen LogP contribution in [0.1, 0.15) is 433 Å². The van der Waals surface area contributed by atoms with Gasteiger partial charge in [0.25, 0.3) is 0 Å². The van der Waals surface area contributed by atoms with E-state index in [0.717, 1.165) is 135 Å². The summed E-state index contributed by atoms with van der Waals surface area (Å²) < 4.78 is 55.4. The molecule has 0 aromatic carbocycles. The summed E-state index contributed by atoms with van der Waals surface area (Å²) >= 11 is 0. The molecule has 2 aliphatic rings. The van der Waals surface area contributed by atoms with E-state index in [9.17, 15) is 58.8 Å². The molecule has 2 rings (SSSR count). The zero-order chi connectivity index (χ0) is 79.6. The van der Waals surface area contributed by atoms with Gasteiger partial charge in [-0.15, -0.1) is 0 Å². The first-order chi connectivity index (χ1) is 52.9. The Morgan fingerprint density at radius 3 is 1.12 bits per heavy atom. The number of rotatable bonds is 76. The number of aliphatic hydroxyl groups is 4. The van der Waals surface area contributed by atoms with Crippen molar-refractivity contribution >= 4 is 37.5 Å². The Hall–Kier alpha value is -2.82. The van der Waals surface area contributed by atoms with Crippen molar-refractivity contribution in [2.45, 2.75) is 506 Å². The summed E-state index contributed by atoms with van der Waals surface area (Å²) in [6.45, 7) is 9.22. The molecular formula is C87H165N2O19P. The van der Waals surface area contributed by atoms with Gasteiger partial charge in [-0.2, -0.15) is 0 Å². The van der Waals surface area contributed by atoms with Crippen LogP contribution >= 0.6 is 7.82 Å². The quantitative estimate of drug-likeness (QED) is 0.0121. The van der Waals surface area contributed by atoms with Gasteiger partial charge < -0.3 is 69.3 Å². The molecule has 2 heterocycles. The van der Waals surface area contributed by atoms with E-state index in [1.807, 2.05) is 0 Å². The molecule has 2 fully saturated rings. The van der Waals surface area contributed by atoms with Gasteiger partial charge in [-0.1, -0.05) is 356 Å². The van der Waals surface area contributed by atoms with Gasteiger partial charge in [-0.25, -0.2) is 4.57 Å². The number of carbonyl (C=O) groups excluding carboxylic acids is 5. The second-order valence-electron chi connectivity index (χ2n) is 32.4. The average molecular weight is 1570 g/mol. The van der Waals surface area contributed by atoms with Crippen LogP contribution in [0.2, 0.25) is 0 Å². The number of aliphatic hydroxyl groups excluding tert-OH is 4. The normalized spacial score (nSPS) is 20.4. The van der Waals surface area contributed by atoms with Crippen LogP contribution in [-0.2, 0) is 61.5 Å². The monoisotopic (exact) mass is 1570 g/mol. The van der Waals surface area contributed by atoms with Crippen molar-refractivity contribution in [2.75, 3.05) is 19.8 Å². The van der Waals surface area contributed by atoms with Crippen molar-refractivity contribution in [1.82, 2.24) is 10.6 Å². The van der Waals surface area contributed by atoms with Crippen molar-refractivity contribution < 1.29 is 91.7 Å². The lowest BCUT2D eigenvalue weighted by Gasteiger charge is -2.46. The molecule has 0 aliphatic carbocycles. The molecule has 12 atom stereocenters. The highest BCUT2D eigenvalue weighted by Crippen LogP contribution is 2.43. The lowest BCUT2D eigenvalue weighted by molar-refractivity contribution is -0.282. The molecule has 109 heavy (non-hydrogen) atoms. The molecule has 6 unspecified atom stereocenters. The molecule has 21 nitrogen and oxygen atoms in total. The highest BCUT2D eigenvalue weighted by molar-refractivity contribution is 7.46. The summed E-state index contributed by atoms with van der Waals surface area (Å²) in [7, 11) is -5.53. The van der Waals surface area contributed by atoms with Crippen molar-refractivity contribution in [1.29, 1.82) is 0 Å². The molecule has 0 bridgehead atoms. The fraction of sp³-hybridized carbons (Fsp3) is 0.943. The fourth-order valence-corrected chi connectivity index (χ4v) is 15.8. The summed E-state index contributed by atoms with van der Waals surface area (Å²) in [6, 6.07) is -2.77. The Morgan fingerprint density at radius 2 is 0.752 bits per heavy atom. The van der Waals surface area contributed by atoms with Gasteiger partial charge in [0.1, 0.15) is 48.8 Å². The van der Waals surface area contributed by atoms with Gasteiger partial charge in [0.2, 0.25) is 11.8 Å². The van der Waals surface area contributed by atoms with Crippen LogP contribution in [-0.4, -0.2) is 153 Å². The van der Waals surface area contributed by atoms with E-state index in [1.54, 1.807) is 0 Å². The molecule has 0 spiro atoms. The summed E-state index contributed by atoms with van der Waals surface area (Å²) in [5, 5.41) is 50.4. The third kappa shape index (κ3) is 55.4. The molecule has 8 N–H and O–H groups in total. The second kappa shape index (κ2) is 69.5.